The van der Waals surface area contributed by atoms with Gasteiger partial charge < -0.3 is 24.6 Å². The number of rotatable bonds is 11. The molecule has 0 aliphatic carbocycles. The molecule has 0 aromatic heterocycles. The van der Waals surface area contributed by atoms with Crippen LogP contribution in [0, 0.1) is 0 Å². The Morgan fingerprint density at radius 3 is 2.50 bits per heavy atom. The molecule has 1 heterocycles. The first-order valence-corrected chi connectivity index (χ1v) is 12.1. The Balaban J connectivity index is 1.60. The van der Waals surface area contributed by atoms with Gasteiger partial charge in [-0.05, 0) is 42.8 Å². The van der Waals surface area contributed by atoms with E-state index >= 15 is 0 Å². The highest BCUT2D eigenvalue weighted by molar-refractivity contribution is 6.00. The monoisotopic (exact) mass is 488 g/mol. The van der Waals surface area contributed by atoms with Crippen LogP contribution in [0.1, 0.15) is 30.0 Å². The number of amides is 1. The molecule has 0 unspecified atom stereocenters. The van der Waals surface area contributed by atoms with E-state index in [0.717, 1.165) is 22.4 Å². The topological polar surface area (TPSA) is 89.4 Å². The lowest BCUT2D eigenvalue weighted by molar-refractivity contribution is -0.128. The zero-order valence-corrected chi connectivity index (χ0v) is 20.6. The van der Waals surface area contributed by atoms with Crippen molar-refractivity contribution >= 4 is 11.8 Å². The van der Waals surface area contributed by atoms with Gasteiger partial charge in [0.2, 0.25) is 5.90 Å². The maximum atomic E-state index is 13.8. The summed E-state index contributed by atoms with van der Waals surface area (Å²) in [6.45, 7) is 2.73. The summed E-state index contributed by atoms with van der Waals surface area (Å²) in [4.78, 5) is 18.7. The zero-order valence-electron chi connectivity index (χ0n) is 20.6. The number of hydrogen-bond donors (Lipinski definition) is 2. The highest BCUT2D eigenvalue weighted by Crippen LogP contribution is 2.33. The number of benzene rings is 3. The van der Waals surface area contributed by atoms with E-state index in [1.54, 1.807) is 7.11 Å². The molecule has 0 saturated heterocycles. The molecule has 1 amide bonds. The molecule has 3 aromatic rings. The minimum Gasteiger partial charge on any atom is -0.496 e. The lowest BCUT2D eigenvalue weighted by Crippen LogP contribution is -2.52. The molecule has 188 valence electrons. The van der Waals surface area contributed by atoms with Gasteiger partial charge in [-0.1, -0.05) is 48.5 Å². The van der Waals surface area contributed by atoms with E-state index in [-0.39, 0.29) is 12.5 Å². The minimum absolute atomic E-state index is 0.0865. The average Bonchev–Trinajstić information content (AvgIpc) is 3.25. The van der Waals surface area contributed by atoms with E-state index in [1.165, 1.54) is 0 Å². The van der Waals surface area contributed by atoms with Crippen molar-refractivity contribution in [1.82, 2.24) is 5.32 Å². The Morgan fingerprint density at radius 1 is 1.06 bits per heavy atom. The number of aliphatic imine (C=N–C) groups is 1. The summed E-state index contributed by atoms with van der Waals surface area (Å²) < 4.78 is 17.2. The number of hydrogen-bond acceptors (Lipinski definition) is 6. The highest BCUT2D eigenvalue weighted by Gasteiger charge is 2.50. The predicted octanol–water partition coefficient (Wildman–Crippen LogP) is 3.92. The second kappa shape index (κ2) is 11.7. The number of aliphatic hydroxyl groups excluding tert-OH is 1. The lowest BCUT2D eigenvalue weighted by atomic mass is 9.86. The molecule has 36 heavy (non-hydrogen) atoms. The van der Waals surface area contributed by atoms with Crippen molar-refractivity contribution < 1.29 is 24.1 Å². The van der Waals surface area contributed by atoms with Crippen molar-refractivity contribution in [2.24, 2.45) is 4.99 Å². The second-order valence-corrected chi connectivity index (χ2v) is 8.71. The van der Waals surface area contributed by atoms with Crippen molar-refractivity contribution in [1.29, 1.82) is 0 Å². The third-order valence-corrected chi connectivity index (χ3v) is 6.28. The van der Waals surface area contributed by atoms with Crippen molar-refractivity contribution in [3.05, 3.63) is 95.6 Å². The molecule has 1 aliphatic rings. The van der Waals surface area contributed by atoms with E-state index in [9.17, 15) is 4.79 Å². The Labute approximate surface area is 211 Å². The zero-order chi connectivity index (χ0) is 25.4. The van der Waals surface area contributed by atoms with Crippen LogP contribution in [0.2, 0.25) is 0 Å². The van der Waals surface area contributed by atoms with Crippen molar-refractivity contribution in [3.8, 4) is 11.5 Å². The normalized spacial score (nSPS) is 18.8. The van der Waals surface area contributed by atoms with Gasteiger partial charge in [0.1, 0.15) is 17.6 Å². The summed E-state index contributed by atoms with van der Waals surface area (Å²) in [6.07, 6.45) is 0.491. The van der Waals surface area contributed by atoms with Crippen LogP contribution in [0.25, 0.3) is 0 Å². The average molecular weight is 489 g/mol. The van der Waals surface area contributed by atoms with Crippen LogP contribution in [-0.2, 0) is 22.5 Å². The summed E-state index contributed by atoms with van der Waals surface area (Å²) in [6, 6.07) is 24.9. The Bertz CT molecular complexity index is 1180. The molecule has 2 N–H and O–H groups in total. The summed E-state index contributed by atoms with van der Waals surface area (Å²) in [5, 5.41) is 12.0. The largest absolute Gasteiger partial charge is 0.496 e. The number of nitrogens with zero attached hydrogens (tertiary/aromatic N) is 1. The predicted molar refractivity (Wildman–Crippen MR) is 138 cm³/mol. The van der Waals surface area contributed by atoms with Crippen LogP contribution in [-0.4, -0.2) is 48.9 Å². The molecule has 0 bridgehead atoms. The number of ether oxygens (including phenoxy) is 3. The molecule has 7 nitrogen and oxygen atoms in total. The molecule has 4 rings (SSSR count). The van der Waals surface area contributed by atoms with E-state index < -0.39 is 11.6 Å². The first-order chi connectivity index (χ1) is 17.6. The highest BCUT2D eigenvalue weighted by atomic mass is 16.5. The van der Waals surface area contributed by atoms with Gasteiger partial charge in [-0.2, -0.15) is 0 Å². The molecule has 2 atom stereocenters. The molecule has 7 heteroatoms. The van der Waals surface area contributed by atoms with Crippen molar-refractivity contribution in [3.63, 3.8) is 0 Å². The van der Waals surface area contributed by atoms with Crippen molar-refractivity contribution in [2.75, 3.05) is 20.3 Å². The molecule has 0 spiro atoms. The second-order valence-electron chi connectivity index (χ2n) is 8.71. The Kier molecular flexibility index (Phi) is 8.23. The first-order valence-electron chi connectivity index (χ1n) is 12.1. The standard InChI is InChI=1S/C29H32N2O5/c1-21-29(19-22-9-4-3-5-10-22,28(33)30-20-24-11-6-7-12-26(24)34-2)31-27(36-21)23-13-15-25(16-14-23)35-18-8-17-32/h3-7,9-16,21,32H,8,17-20H2,1-2H3,(H,30,33)/t21-,29-/m1/s1. The lowest BCUT2D eigenvalue weighted by Gasteiger charge is -2.28. The van der Waals surface area contributed by atoms with Crippen LogP contribution < -0.4 is 14.8 Å². The number of methoxy groups -OCH3 is 1. The van der Waals surface area contributed by atoms with Gasteiger partial charge in [0.25, 0.3) is 5.91 Å². The van der Waals surface area contributed by atoms with Crippen molar-refractivity contribution in [2.45, 2.75) is 38.0 Å². The van der Waals surface area contributed by atoms with E-state index in [1.807, 2.05) is 85.8 Å². The van der Waals surface area contributed by atoms with Gasteiger partial charge in [-0.25, -0.2) is 4.99 Å². The van der Waals surface area contributed by atoms with Crippen LogP contribution in [0.15, 0.2) is 83.9 Å². The van der Waals surface area contributed by atoms with E-state index in [4.69, 9.17) is 24.3 Å². The molecule has 0 saturated carbocycles. The number of aliphatic hydroxyl groups is 1. The van der Waals surface area contributed by atoms with Gasteiger partial charge in [0.15, 0.2) is 5.54 Å². The SMILES string of the molecule is COc1ccccc1CNC(=O)[C@]1(Cc2ccccc2)N=C(c2ccc(OCCCO)cc2)O[C@@H]1C. The molecular weight excluding hydrogens is 456 g/mol. The number of nitrogens with one attached hydrogen (secondary N) is 1. The summed E-state index contributed by atoms with van der Waals surface area (Å²) in [5.74, 6) is 1.64. The number of para-hydroxylation sites is 1. The maximum Gasteiger partial charge on any atom is 0.252 e. The third-order valence-electron chi connectivity index (χ3n) is 6.28. The number of carbonyl (C=O) groups excluding carboxylic acids is 1. The quantitative estimate of drug-likeness (QED) is 0.400. The molecule has 0 radical (unpaired) electrons. The van der Waals surface area contributed by atoms with Crippen LogP contribution in [0.4, 0.5) is 0 Å². The van der Waals surface area contributed by atoms with Gasteiger partial charge >= 0.3 is 0 Å². The van der Waals surface area contributed by atoms with E-state index in [2.05, 4.69) is 5.32 Å². The fourth-order valence-electron chi connectivity index (χ4n) is 4.23. The Morgan fingerprint density at radius 2 is 1.78 bits per heavy atom. The molecule has 1 aliphatic heterocycles. The van der Waals surface area contributed by atoms with Crippen LogP contribution in [0.3, 0.4) is 0 Å². The summed E-state index contributed by atoms with van der Waals surface area (Å²) in [5.41, 5.74) is 1.52. The van der Waals surface area contributed by atoms with E-state index in [0.29, 0.717) is 37.6 Å². The number of carbonyl (C=O) groups is 1. The maximum absolute atomic E-state index is 13.8. The molecular formula is C29H32N2O5. The smallest absolute Gasteiger partial charge is 0.252 e. The van der Waals surface area contributed by atoms with Gasteiger partial charge in [0, 0.05) is 37.1 Å². The van der Waals surface area contributed by atoms with Crippen LogP contribution in [0.5, 0.6) is 11.5 Å². The minimum atomic E-state index is -1.13. The first kappa shape index (κ1) is 25.3. The fraction of sp³-hybridized carbons (Fsp3) is 0.310. The Hall–Kier alpha value is -3.84. The summed E-state index contributed by atoms with van der Waals surface area (Å²) in [7, 11) is 1.62. The van der Waals surface area contributed by atoms with Crippen LogP contribution >= 0.6 is 0 Å². The van der Waals surface area contributed by atoms with Gasteiger partial charge in [-0.15, -0.1) is 0 Å². The van der Waals surface area contributed by atoms with Gasteiger partial charge in [-0.3, -0.25) is 4.79 Å². The third kappa shape index (κ3) is 5.69. The van der Waals surface area contributed by atoms with Gasteiger partial charge in [0.05, 0.1) is 13.7 Å². The molecule has 3 aromatic carbocycles. The molecule has 0 fully saturated rings. The summed E-state index contributed by atoms with van der Waals surface area (Å²) >= 11 is 0. The fourth-order valence-corrected chi connectivity index (χ4v) is 4.23.